The predicted octanol–water partition coefficient (Wildman–Crippen LogP) is 3.54. The third-order valence-corrected chi connectivity index (χ3v) is 3.50. The van der Waals surface area contributed by atoms with E-state index < -0.39 is 0 Å². The zero-order chi connectivity index (χ0) is 15.5. The summed E-state index contributed by atoms with van der Waals surface area (Å²) in [5.41, 5.74) is 0.999. The van der Waals surface area contributed by atoms with Crippen molar-refractivity contribution in [2.24, 2.45) is 7.05 Å². The van der Waals surface area contributed by atoms with E-state index in [1.54, 1.807) is 6.20 Å². The number of imidazole rings is 1. The lowest BCUT2D eigenvalue weighted by atomic mass is 10.1. The van der Waals surface area contributed by atoms with Crippen molar-refractivity contribution in [3.8, 4) is 5.75 Å². The molecule has 1 aromatic heterocycles. The number of nitrogens with zero attached hydrogens (tertiary/aromatic N) is 2. The van der Waals surface area contributed by atoms with E-state index in [1.165, 1.54) is 0 Å². The second-order valence-electron chi connectivity index (χ2n) is 6.06. The Balaban J connectivity index is 2.11. The maximum Gasteiger partial charge on any atom is 0.146 e. The highest BCUT2D eigenvalue weighted by Crippen LogP contribution is 2.27. The number of rotatable bonds is 5. The summed E-state index contributed by atoms with van der Waals surface area (Å²) in [6.07, 6.45) is 3.66. The minimum atomic E-state index is 0.0239. The summed E-state index contributed by atoms with van der Waals surface area (Å²) >= 11 is 6.31. The Morgan fingerprint density at radius 2 is 2.10 bits per heavy atom. The fourth-order valence-electron chi connectivity index (χ4n) is 1.88. The highest BCUT2D eigenvalue weighted by atomic mass is 35.5. The summed E-state index contributed by atoms with van der Waals surface area (Å²) in [6, 6.07) is 5.72. The zero-order valence-electron chi connectivity index (χ0n) is 13.0. The largest absolute Gasteiger partial charge is 0.485 e. The van der Waals surface area contributed by atoms with Crippen LogP contribution in [0.25, 0.3) is 0 Å². The fraction of sp³-hybridized carbons (Fsp3) is 0.438. The van der Waals surface area contributed by atoms with E-state index in [0.717, 1.165) is 17.1 Å². The lowest BCUT2D eigenvalue weighted by Crippen LogP contribution is -2.35. The quantitative estimate of drug-likeness (QED) is 0.918. The molecule has 0 amide bonds. The first-order valence-corrected chi connectivity index (χ1v) is 7.36. The fourth-order valence-corrected chi connectivity index (χ4v) is 2.11. The van der Waals surface area contributed by atoms with Gasteiger partial charge in [-0.25, -0.2) is 4.98 Å². The molecule has 1 aromatic carbocycles. The first kappa shape index (κ1) is 15.9. The summed E-state index contributed by atoms with van der Waals surface area (Å²) in [7, 11) is 1.95. The van der Waals surface area contributed by atoms with E-state index >= 15 is 0 Å². The molecule has 2 aromatic rings. The molecule has 0 aliphatic carbocycles. The second-order valence-corrected chi connectivity index (χ2v) is 6.47. The van der Waals surface area contributed by atoms with Crippen molar-refractivity contribution in [3.63, 3.8) is 0 Å². The number of nitrogens with one attached hydrogen (secondary N) is 1. The minimum absolute atomic E-state index is 0.0239. The van der Waals surface area contributed by atoms with Gasteiger partial charge in [0.1, 0.15) is 18.2 Å². The third kappa shape index (κ3) is 4.48. The molecule has 0 radical (unpaired) electrons. The van der Waals surface area contributed by atoms with Crippen molar-refractivity contribution in [1.29, 1.82) is 0 Å². The van der Waals surface area contributed by atoms with E-state index in [2.05, 4.69) is 31.1 Å². The highest BCUT2D eigenvalue weighted by Gasteiger charge is 2.14. The molecular weight excluding hydrogens is 286 g/mol. The van der Waals surface area contributed by atoms with Crippen LogP contribution in [0.5, 0.6) is 5.75 Å². The smallest absolute Gasteiger partial charge is 0.146 e. The first-order chi connectivity index (χ1) is 9.87. The normalized spacial score (nSPS) is 11.7. The van der Waals surface area contributed by atoms with Crippen LogP contribution in [0.4, 0.5) is 0 Å². The van der Waals surface area contributed by atoms with E-state index in [1.807, 2.05) is 36.0 Å². The van der Waals surface area contributed by atoms with E-state index in [9.17, 15) is 0 Å². The standard InChI is InChI=1S/C16H22ClN3O/c1-16(2,3)19-10-12-13(17)6-5-7-14(12)21-11-15-18-8-9-20(15)4/h5-9,19H,10-11H2,1-4H3. The number of aryl methyl sites for hydroxylation is 1. The van der Waals surface area contributed by atoms with Crippen molar-refractivity contribution >= 4 is 11.6 Å². The van der Waals surface area contributed by atoms with Gasteiger partial charge in [-0.1, -0.05) is 17.7 Å². The molecule has 21 heavy (non-hydrogen) atoms. The maximum atomic E-state index is 6.31. The molecule has 0 bridgehead atoms. The molecule has 0 saturated carbocycles. The summed E-state index contributed by atoms with van der Waals surface area (Å²) in [5.74, 6) is 1.67. The Bertz CT molecular complexity index is 602. The summed E-state index contributed by atoms with van der Waals surface area (Å²) in [5, 5.41) is 4.15. The lowest BCUT2D eigenvalue weighted by Gasteiger charge is -2.22. The van der Waals surface area contributed by atoms with Gasteiger partial charge in [-0.3, -0.25) is 0 Å². The zero-order valence-corrected chi connectivity index (χ0v) is 13.7. The van der Waals surface area contributed by atoms with E-state index in [4.69, 9.17) is 16.3 Å². The Labute approximate surface area is 131 Å². The number of benzene rings is 1. The average molecular weight is 308 g/mol. The van der Waals surface area contributed by atoms with Crippen LogP contribution in [0.1, 0.15) is 32.2 Å². The van der Waals surface area contributed by atoms with Crippen LogP contribution < -0.4 is 10.1 Å². The van der Waals surface area contributed by atoms with Gasteiger partial charge in [0, 0.05) is 42.1 Å². The van der Waals surface area contributed by atoms with Gasteiger partial charge in [0.25, 0.3) is 0 Å². The monoisotopic (exact) mass is 307 g/mol. The van der Waals surface area contributed by atoms with Gasteiger partial charge in [-0.15, -0.1) is 0 Å². The molecule has 0 atom stereocenters. The molecule has 2 rings (SSSR count). The number of ether oxygens (including phenoxy) is 1. The number of halogens is 1. The molecule has 1 heterocycles. The van der Waals surface area contributed by atoms with Crippen LogP contribution in [-0.4, -0.2) is 15.1 Å². The van der Waals surface area contributed by atoms with Gasteiger partial charge in [0.05, 0.1) is 0 Å². The molecule has 4 nitrogen and oxygen atoms in total. The molecule has 0 spiro atoms. The van der Waals surface area contributed by atoms with Gasteiger partial charge in [0.15, 0.2) is 0 Å². The summed E-state index contributed by atoms with van der Waals surface area (Å²) < 4.78 is 7.84. The third-order valence-electron chi connectivity index (χ3n) is 3.15. The minimum Gasteiger partial charge on any atom is -0.485 e. The molecule has 1 N–H and O–H groups in total. The van der Waals surface area contributed by atoms with E-state index in [0.29, 0.717) is 18.2 Å². The SMILES string of the molecule is Cn1ccnc1COc1cccc(Cl)c1CNC(C)(C)C. The van der Waals surface area contributed by atoms with Crippen LogP contribution in [0.15, 0.2) is 30.6 Å². The van der Waals surface area contributed by atoms with Crippen molar-refractivity contribution in [2.75, 3.05) is 0 Å². The van der Waals surface area contributed by atoms with Crippen molar-refractivity contribution in [2.45, 2.75) is 39.5 Å². The maximum absolute atomic E-state index is 6.31. The van der Waals surface area contributed by atoms with Crippen LogP contribution in [0, 0.1) is 0 Å². The molecule has 0 unspecified atom stereocenters. The van der Waals surface area contributed by atoms with Crippen LogP contribution in [0.2, 0.25) is 5.02 Å². The molecule has 0 aliphatic heterocycles. The number of hydrogen-bond donors (Lipinski definition) is 1. The summed E-state index contributed by atoms with van der Waals surface area (Å²) in [4.78, 5) is 4.26. The lowest BCUT2D eigenvalue weighted by molar-refractivity contribution is 0.286. The van der Waals surface area contributed by atoms with Gasteiger partial charge in [-0.2, -0.15) is 0 Å². The Hall–Kier alpha value is -1.52. The Kier molecular flexibility index (Phi) is 4.91. The average Bonchev–Trinajstić information content (AvgIpc) is 2.79. The van der Waals surface area contributed by atoms with Crippen LogP contribution in [0.3, 0.4) is 0 Å². The van der Waals surface area contributed by atoms with Crippen LogP contribution >= 0.6 is 11.6 Å². The van der Waals surface area contributed by atoms with Gasteiger partial charge in [0.2, 0.25) is 0 Å². The van der Waals surface area contributed by atoms with E-state index in [-0.39, 0.29) is 5.54 Å². The summed E-state index contributed by atoms with van der Waals surface area (Å²) in [6.45, 7) is 7.46. The first-order valence-electron chi connectivity index (χ1n) is 6.98. The molecular formula is C16H22ClN3O. The Morgan fingerprint density at radius 1 is 1.33 bits per heavy atom. The predicted molar refractivity (Wildman–Crippen MR) is 85.6 cm³/mol. The van der Waals surface area contributed by atoms with Crippen LogP contribution in [-0.2, 0) is 20.2 Å². The molecule has 5 heteroatoms. The molecule has 0 fully saturated rings. The van der Waals surface area contributed by atoms with Gasteiger partial charge >= 0.3 is 0 Å². The second kappa shape index (κ2) is 6.50. The number of hydrogen-bond acceptors (Lipinski definition) is 3. The van der Waals surface area contributed by atoms with Crippen molar-refractivity contribution in [3.05, 3.63) is 47.0 Å². The number of aromatic nitrogens is 2. The molecule has 114 valence electrons. The molecule has 0 saturated heterocycles. The Morgan fingerprint density at radius 3 is 2.71 bits per heavy atom. The van der Waals surface area contributed by atoms with Gasteiger partial charge in [-0.05, 0) is 32.9 Å². The van der Waals surface area contributed by atoms with Gasteiger partial charge < -0.3 is 14.6 Å². The molecule has 0 aliphatic rings. The highest BCUT2D eigenvalue weighted by molar-refractivity contribution is 6.31. The van der Waals surface area contributed by atoms with Crippen molar-refractivity contribution < 1.29 is 4.74 Å². The van der Waals surface area contributed by atoms with Crippen molar-refractivity contribution in [1.82, 2.24) is 14.9 Å². The topological polar surface area (TPSA) is 39.1 Å².